The number of nitrogens with one attached hydrogen (secondary N) is 2. The lowest BCUT2D eigenvalue weighted by atomic mass is 10.3. The molecule has 15 heavy (non-hydrogen) atoms. The van der Waals surface area contributed by atoms with Crippen molar-refractivity contribution < 1.29 is 0 Å². The summed E-state index contributed by atoms with van der Waals surface area (Å²) in [6.45, 7) is 1.98. The molecule has 0 aliphatic heterocycles. The van der Waals surface area contributed by atoms with E-state index in [9.17, 15) is 0 Å². The van der Waals surface area contributed by atoms with Crippen LogP contribution in [0.15, 0.2) is 24.3 Å². The van der Waals surface area contributed by atoms with Crippen LogP contribution in [0.25, 0.3) is 11.0 Å². The third-order valence-corrected chi connectivity index (χ3v) is 2.93. The topological polar surface area (TPSA) is 78.6 Å². The van der Waals surface area contributed by atoms with Crippen molar-refractivity contribution in [2.24, 2.45) is 5.73 Å². The molecule has 78 valence electrons. The molecule has 0 saturated heterocycles. The predicted molar refractivity (Wildman–Crippen MR) is 64.0 cm³/mol. The zero-order valence-electron chi connectivity index (χ0n) is 8.32. The van der Waals surface area contributed by atoms with Gasteiger partial charge in [0.1, 0.15) is 5.82 Å². The molecular formula is C10H12N4S. The maximum atomic E-state index is 7.21. The highest BCUT2D eigenvalue weighted by Gasteiger charge is 2.11. The number of hydrogen-bond donors (Lipinski definition) is 3. The van der Waals surface area contributed by atoms with Gasteiger partial charge in [-0.15, -0.1) is 0 Å². The van der Waals surface area contributed by atoms with Gasteiger partial charge in [0.25, 0.3) is 0 Å². The third kappa shape index (κ3) is 2.12. The minimum absolute atomic E-state index is 0.0786. The molecule has 0 amide bonds. The van der Waals surface area contributed by atoms with Crippen LogP contribution in [0.5, 0.6) is 0 Å². The molecule has 0 fully saturated rings. The summed E-state index contributed by atoms with van der Waals surface area (Å²) in [7, 11) is 0. The molecule has 4 nitrogen and oxygen atoms in total. The van der Waals surface area contributed by atoms with Gasteiger partial charge in [-0.25, -0.2) is 4.98 Å². The van der Waals surface area contributed by atoms with Crippen LogP contribution in [0.3, 0.4) is 0 Å². The van der Waals surface area contributed by atoms with Crippen molar-refractivity contribution in [3.05, 3.63) is 30.1 Å². The Hall–Kier alpha value is -1.49. The van der Waals surface area contributed by atoms with E-state index in [4.69, 9.17) is 11.1 Å². The SMILES string of the molecule is CC(SC(=N)N)c1nc2ccccc2[nH]1. The Morgan fingerprint density at radius 2 is 2.27 bits per heavy atom. The Labute approximate surface area is 91.8 Å². The Bertz CT molecular complexity index is 458. The summed E-state index contributed by atoms with van der Waals surface area (Å²) in [5.74, 6) is 0.858. The van der Waals surface area contributed by atoms with E-state index in [0.29, 0.717) is 0 Å². The average molecular weight is 220 g/mol. The molecule has 1 atom stereocenters. The second-order valence-corrected chi connectivity index (χ2v) is 4.65. The van der Waals surface area contributed by atoms with Gasteiger partial charge in [-0.05, 0) is 19.1 Å². The number of nitrogens with two attached hydrogens (primary N) is 1. The number of aromatic amines is 1. The maximum absolute atomic E-state index is 7.21. The fourth-order valence-electron chi connectivity index (χ4n) is 1.41. The van der Waals surface area contributed by atoms with Crippen molar-refractivity contribution in [2.75, 3.05) is 0 Å². The first-order chi connectivity index (χ1) is 7.16. The standard InChI is InChI=1S/C10H12N4S/c1-6(15-10(11)12)9-13-7-4-2-3-5-8(7)14-9/h2-6H,1H3,(H3,11,12)(H,13,14). The molecule has 4 N–H and O–H groups in total. The molecule has 2 aromatic rings. The first kappa shape index (κ1) is 10.0. The summed E-state index contributed by atoms with van der Waals surface area (Å²) < 4.78 is 0. The molecule has 2 rings (SSSR count). The molecule has 1 aromatic heterocycles. The highest BCUT2D eigenvalue weighted by Crippen LogP contribution is 2.26. The summed E-state index contributed by atoms with van der Waals surface area (Å²) in [5, 5.41) is 7.40. The van der Waals surface area contributed by atoms with Crippen LogP contribution < -0.4 is 5.73 Å². The van der Waals surface area contributed by atoms with Crippen molar-refractivity contribution in [1.82, 2.24) is 9.97 Å². The van der Waals surface area contributed by atoms with E-state index in [1.54, 1.807) is 0 Å². The lowest BCUT2D eigenvalue weighted by Gasteiger charge is -2.04. The molecule has 0 bridgehead atoms. The van der Waals surface area contributed by atoms with Crippen molar-refractivity contribution in [1.29, 1.82) is 5.41 Å². The average Bonchev–Trinajstić information content (AvgIpc) is 2.59. The Morgan fingerprint density at radius 1 is 1.53 bits per heavy atom. The van der Waals surface area contributed by atoms with E-state index in [0.717, 1.165) is 16.9 Å². The minimum Gasteiger partial charge on any atom is -0.379 e. The quantitative estimate of drug-likeness (QED) is 0.536. The molecular weight excluding hydrogens is 208 g/mol. The van der Waals surface area contributed by atoms with Crippen LogP contribution in [0.4, 0.5) is 0 Å². The van der Waals surface area contributed by atoms with Gasteiger partial charge in [0.2, 0.25) is 0 Å². The number of thioether (sulfide) groups is 1. The van der Waals surface area contributed by atoms with Gasteiger partial charge in [-0.3, -0.25) is 5.41 Å². The zero-order chi connectivity index (χ0) is 10.8. The van der Waals surface area contributed by atoms with Gasteiger partial charge in [-0.2, -0.15) is 0 Å². The van der Waals surface area contributed by atoms with E-state index in [1.165, 1.54) is 11.8 Å². The number of imidazole rings is 1. The molecule has 0 saturated carbocycles. The summed E-state index contributed by atoms with van der Waals surface area (Å²) in [6.07, 6.45) is 0. The largest absolute Gasteiger partial charge is 0.379 e. The summed E-state index contributed by atoms with van der Waals surface area (Å²) in [4.78, 5) is 7.65. The second kappa shape index (κ2) is 3.94. The third-order valence-electron chi connectivity index (χ3n) is 2.10. The van der Waals surface area contributed by atoms with Crippen molar-refractivity contribution in [3.8, 4) is 0 Å². The fraction of sp³-hybridized carbons (Fsp3) is 0.200. The van der Waals surface area contributed by atoms with Gasteiger partial charge in [0.15, 0.2) is 5.17 Å². The fourth-order valence-corrected chi connectivity index (χ4v) is 2.02. The normalized spacial score (nSPS) is 12.9. The Kier molecular flexibility index (Phi) is 2.64. The summed E-state index contributed by atoms with van der Waals surface area (Å²) in [6, 6.07) is 7.86. The first-order valence-electron chi connectivity index (χ1n) is 4.62. The smallest absolute Gasteiger partial charge is 0.151 e. The molecule has 1 unspecified atom stereocenters. The number of fused-ring (bicyclic) bond motifs is 1. The number of aromatic nitrogens is 2. The van der Waals surface area contributed by atoms with Crippen molar-refractivity contribution in [3.63, 3.8) is 0 Å². The molecule has 0 aliphatic carbocycles. The van der Waals surface area contributed by atoms with Crippen LogP contribution in [-0.4, -0.2) is 15.1 Å². The summed E-state index contributed by atoms with van der Waals surface area (Å²) in [5.41, 5.74) is 7.29. The van der Waals surface area contributed by atoms with Gasteiger partial charge >= 0.3 is 0 Å². The van der Waals surface area contributed by atoms with Crippen molar-refractivity contribution in [2.45, 2.75) is 12.2 Å². The van der Waals surface area contributed by atoms with Gasteiger partial charge in [0, 0.05) is 0 Å². The highest BCUT2D eigenvalue weighted by molar-refractivity contribution is 8.13. The minimum atomic E-state index is 0.0786. The molecule has 0 aliphatic rings. The van der Waals surface area contributed by atoms with Crippen molar-refractivity contribution >= 4 is 28.0 Å². The van der Waals surface area contributed by atoms with E-state index in [2.05, 4.69) is 9.97 Å². The monoisotopic (exact) mass is 220 g/mol. The molecule has 5 heteroatoms. The molecule has 0 spiro atoms. The molecule has 1 heterocycles. The number of para-hydroxylation sites is 2. The Morgan fingerprint density at radius 3 is 2.93 bits per heavy atom. The summed E-state index contributed by atoms with van der Waals surface area (Å²) >= 11 is 1.29. The van der Waals surface area contributed by atoms with Crippen LogP contribution in [-0.2, 0) is 0 Å². The second-order valence-electron chi connectivity index (χ2n) is 3.26. The number of hydrogen-bond acceptors (Lipinski definition) is 3. The lowest BCUT2D eigenvalue weighted by Crippen LogP contribution is -2.06. The number of rotatable bonds is 2. The van der Waals surface area contributed by atoms with Crippen LogP contribution in [0, 0.1) is 5.41 Å². The first-order valence-corrected chi connectivity index (χ1v) is 5.50. The van der Waals surface area contributed by atoms with Gasteiger partial charge < -0.3 is 10.7 Å². The van der Waals surface area contributed by atoms with Gasteiger partial charge in [-0.1, -0.05) is 23.9 Å². The van der Waals surface area contributed by atoms with Crippen LogP contribution in [0.1, 0.15) is 18.0 Å². The number of H-pyrrole nitrogens is 1. The number of benzene rings is 1. The van der Waals surface area contributed by atoms with E-state index >= 15 is 0 Å². The zero-order valence-corrected chi connectivity index (χ0v) is 9.14. The predicted octanol–water partition coefficient (Wildman–Crippen LogP) is 2.25. The van der Waals surface area contributed by atoms with E-state index in [-0.39, 0.29) is 10.4 Å². The number of nitrogens with zero attached hydrogens (tertiary/aromatic N) is 1. The van der Waals surface area contributed by atoms with Crippen LogP contribution in [0.2, 0.25) is 0 Å². The Balaban J connectivity index is 2.32. The number of amidine groups is 1. The maximum Gasteiger partial charge on any atom is 0.151 e. The van der Waals surface area contributed by atoms with E-state index in [1.807, 2.05) is 31.2 Å². The van der Waals surface area contributed by atoms with E-state index < -0.39 is 0 Å². The molecule has 1 aromatic carbocycles. The highest BCUT2D eigenvalue weighted by atomic mass is 32.2. The van der Waals surface area contributed by atoms with Gasteiger partial charge in [0.05, 0.1) is 16.3 Å². The van der Waals surface area contributed by atoms with Crippen LogP contribution >= 0.6 is 11.8 Å². The lowest BCUT2D eigenvalue weighted by molar-refractivity contribution is 0.978. The molecule has 0 radical (unpaired) electrons.